The van der Waals surface area contributed by atoms with Crippen LogP contribution in [0.3, 0.4) is 0 Å². The molecule has 88 valence electrons. The maximum atomic E-state index is 8.71. The molecule has 1 N–H and O–H groups in total. The van der Waals surface area contributed by atoms with Gasteiger partial charge in [0, 0.05) is 28.2 Å². The lowest BCUT2D eigenvalue weighted by Crippen LogP contribution is -2.15. The lowest BCUT2D eigenvalue weighted by atomic mass is 10.3. The second-order valence-corrected chi connectivity index (χ2v) is 7.09. The van der Waals surface area contributed by atoms with Crippen LogP contribution in [0.15, 0.2) is 27.4 Å². The van der Waals surface area contributed by atoms with Crippen LogP contribution in [0.5, 0.6) is 0 Å². The van der Waals surface area contributed by atoms with E-state index in [1.807, 2.05) is 11.4 Å². The van der Waals surface area contributed by atoms with Gasteiger partial charge in [-0.3, -0.25) is 0 Å². The van der Waals surface area contributed by atoms with Gasteiger partial charge in [-0.2, -0.15) is 5.26 Å². The number of nitrogens with one attached hydrogen (secondary N) is 1. The number of hydrogen-bond acceptors (Lipinski definition) is 4. The van der Waals surface area contributed by atoms with E-state index in [4.69, 9.17) is 5.26 Å². The van der Waals surface area contributed by atoms with Crippen LogP contribution in [0.25, 0.3) is 0 Å². The summed E-state index contributed by atoms with van der Waals surface area (Å²) in [5.41, 5.74) is 0.758. The average Bonchev–Trinajstić information content (AvgIpc) is 2.93. The van der Waals surface area contributed by atoms with Crippen LogP contribution >= 0.6 is 38.6 Å². The molecule has 0 amide bonds. The van der Waals surface area contributed by atoms with Crippen molar-refractivity contribution in [1.29, 1.82) is 5.26 Å². The normalized spacial score (nSPS) is 10.4. The van der Waals surface area contributed by atoms with E-state index in [1.54, 1.807) is 22.7 Å². The third-order valence-electron chi connectivity index (χ3n) is 2.26. The minimum atomic E-state index is 0.758. The van der Waals surface area contributed by atoms with Crippen LogP contribution in [0.4, 0.5) is 0 Å². The fraction of sp³-hybridized carbons (Fsp3) is 0.250. The smallest absolute Gasteiger partial charge is 0.100 e. The number of thiophene rings is 2. The molecule has 2 heterocycles. The summed E-state index contributed by atoms with van der Waals surface area (Å²) in [4.78, 5) is 2.60. The van der Waals surface area contributed by atoms with E-state index in [1.165, 1.54) is 13.5 Å². The van der Waals surface area contributed by atoms with Gasteiger partial charge >= 0.3 is 0 Å². The van der Waals surface area contributed by atoms with E-state index in [9.17, 15) is 0 Å². The average molecular weight is 327 g/mol. The van der Waals surface area contributed by atoms with Crippen LogP contribution < -0.4 is 5.32 Å². The van der Waals surface area contributed by atoms with Gasteiger partial charge in [-0.25, -0.2) is 0 Å². The maximum Gasteiger partial charge on any atom is 0.100 e. The van der Waals surface area contributed by atoms with Crippen LogP contribution in [0.2, 0.25) is 0 Å². The van der Waals surface area contributed by atoms with E-state index in [2.05, 4.69) is 39.4 Å². The summed E-state index contributed by atoms with van der Waals surface area (Å²) in [7, 11) is 0. The zero-order valence-electron chi connectivity index (χ0n) is 9.07. The fourth-order valence-electron chi connectivity index (χ4n) is 1.44. The topological polar surface area (TPSA) is 35.8 Å². The predicted molar refractivity (Wildman–Crippen MR) is 76.5 cm³/mol. The summed E-state index contributed by atoms with van der Waals surface area (Å²) in [5, 5.41) is 14.0. The van der Waals surface area contributed by atoms with Crippen LogP contribution in [-0.4, -0.2) is 6.54 Å². The highest BCUT2D eigenvalue weighted by Gasteiger charge is 2.00. The molecular weight excluding hydrogens is 316 g/mol. The van der Waals surface area contributed by atoms with E-state index in [-0.39, 0.29) is 0 Å². The summed E-state index contributed by atoms with van der Waals surface area (Å²) < 4.78 is 1.18. The molecular formula is C12H11BrN2S2. The van der Waals surface area contributed by atoms with Gasteiger partial charge in [-0.1, -0.05) is 0 Å². The summed E-state index contributed by atoms with van der Waals surface area (Å²) in [6, 6.07) is 8.32. The number of hydrogen-bond donors (Lipinski definition) is 1. The molecule has 17 heavy (non-hydrogen) atoms. The van der Waals surface area contributed by atoms with Gasteiger partial charge in [0.25, 0.3) is 0 Å². The molecule has 0 saturated heterocycles. The van der Waals surface area contributed by atoms with Crippen molar-refractivity contribution in [1.82, 2.24) is 5.32 Å². The molecule has 0 saturated carbocycles. The van der Waals surface area contributed by atoms with Gasteiger partial charge < -0.3 is 5.32 Å². The molecule has 2 aromatic heterocycles. The fourth-order valence-corrected chi connectivity index (χ4v) is 3.70. The van der Waals surface area contributed by atoms with Gasteiger partial charge in [-0.15, -0.1) is 22.7 Å². The Morgan fingerprint density at radius 2 is 2.24 bits per heavy atom. The molecule has 0 radical (unpaired) electrons. The van der Waals surface area contributed by atoms with E-state index >= 15 is 0 Å². The van der Waals surface area contributed by atoms with Crippen molar-refractivity contribution in [2.24, 2.45) is 0 Å². The van der Waals surface area contributed by atoms with Crippen molar-refractivity contribution in [3.63, 3.8) is 0 Å². The molecule has 0 aliphatic heterocycles. The first-order valence-corrected chi connectivity index (χ1v) is 7.69. The number of nitriles is 1. The first-order valence-electron chi connectivity index (χ1n) is 5.20. The van der Waals surface area contributed by atoms with Gasteiger partial charge in [0.15, 0.2) is 0 Å². The third kappa shape index (κ3) is 3.93. The summed E-state index contributed by atoms with van der Waals surface area (Å²) >= 11 is 6.87. The van der Waals surface area contributed by atoms with Crippen molar-refractivity contribution in [3.8, 4) is 6.07 Å². The highest BCUT2D eigenvalue weighted by molar-refractivity contribution is 9.11. The van der Waals surface area contributed by atoms with Gasteiger partial charge in [0.2, 0.25) is 0 Å². The van der Waals surface area contributed by atoms with Crippen LogP contribution in [0, 0.1) is 11.3 Å². The molecule has 0 aliphatic carbocycles. The number of halogens is 1. The molecule has 0 spiro atoms. The first kappa shape index (κ1) is 12.8. The SMILES string of the molecule is N#Cc1csc(CNCCc2ccc(Br)s2)c1. The molecule has 2 aromatic rings. The zero-order valence-corrected chi connectivity index (χ0v) is 12.3. The summed E-state index contributed by atoms with van der Waals surface area (Å²) in [6.07, 6.45) is 1.05. The van der Waals surface area contributed by atoms with Crippen molar-refractivity contribution in [3.05, 3.63) is 42.7 Å². The van der Waals surface area contributed by atoms with Crippen molar-refractivity contribution in [2.45, 2.75) is 13.0 Å². The molecule has 2 nitrogen and oxygen atoms in total. The summed E-state index contributed by atoms with van der Waals surface area (Å²) in [6.45, 7) is 1.81. The molecule has 2 rings (SSSR count). The monoisotopic (exact) mass is 326 g/mol. The van der Waals surface area contributed by atoms with Crippen molar-refractivity contribution >= 4 is 38.6 Å². The largest absolute Gasteiger partial charge is 0.311 e. The van der Waals surface area contributed by atoms with Gasteiger partial charge in [0.05, 0.1) is 9.35 Å². The highest BCUT2D eigenvalue weighted by Crippen LogP contribution is 2.22. The van der Waals surface area contributed by atoms with E-state index < -0.39 is 0 Å². The third-order valence-corrected chi connectivity index (χ3v) is 4.88. The molecule has 0 aliphatic rings. The summed E-state index contributed by atoms with van der Waals surface area (Å²) in [5.74, 6) is 0. The number of nitrogens with zero attached hydrogens (tertiary/aromatic N) is 1. The maximum absolute atomic E-state index is 8.71. The quantitative estimate of drug-likeness (QED) is 0.849. The Hall–Kier alpha value is -0.670. The molecule has 0 fully saturated rings. The Balaban J connectivity index is 1.71. The van der Waals surface area contributed by atoms with Crippen LogP contribution in [0.1, 0.15) is 15.3 Å². The molecule has 0 atom stereocenters. The second-order valence-electron chi connectivity index (χ2n) is 3.55. The van der Waals surface area contributed by atoms with Crippen LogP contribution in [-0.2, 0) is 13.0 Å². The van der Waals surface area contributed by atoms with Gasteiger partial charge in [-0.05, 0) is 40.5 Å². The molecule has 5 heteroatoms. The minimum Gasteiger partial charge on any atom is -0.311 e. The lowest BCUT2D eigenvalue weighted by Gasteiger charge is -2.00. The molecule has 0 bridgehead atoms. The molecule has 0 aromatic carbocycles. The second kappa shape index (κ2) is 6.31. The Bertz CT molecular complexity index is 525. The Morgan fingerprint density at radius 3 is 2.88 bits per heavy atom. The Kier molecular flexibility index (Phi) is 4.75. The Labute approximate surface area is 117 Å². The lowest BCUT2D eigenvalue weighted by molar-refractivity contribution is 0.697. The first-order chi connectivity index (χ1) is 8.28. The predicted octanol–water partition coefficient (Wildman–Crippen LogP) is 3.78. The highest BCUT2D eigenvalue weighted by atomic mass is 79.9. The van der Waals surface area contributed by atoms with Crippen molar-refractivity contribution < 1.29 is 0 Å². The Morgan fingerprint density at radius 1 is 1.35 bits per heavy atom. The van der Waals surface area contributed by atoms with E-state index in [0.29, 0.717) is 0 Å². The standard InChI is InChI=1S/C12H11BrN2S2/c13-12-2-1-10(17-12)3-4-15-7-11-5-9(6-14)8-16-11/h1-2,5,8,15H,3-4,7H2. The van der Waals surface area contributed by atoms with E-state index in [0.717, 1.165) is 25.1 Å². The zero-order chi connectivity index (χ0) is 12.1. The van der Waals surface area contributed by atoms with Crippen molar-refractivity contribution in [2.75, 3.05) is 6.54 Å². The minimum absolute atomic E-state index is 0.758. The number of rotatable bonds is 5. The molecule has 0 unspecified atom stereocenters. The van der Waals surface area contributed by atoms with Gasteiger partial charge in [0.1, 0.15) is 6.07 Å².